The first-order valence-corrected chi connectivity index (χ1v) is 7.14. The van der Waals surface area contributed by atoms with Crippen molar-refractivity contribution < 1.29 is 27.8 Å². The zero-order chi connectivity index (χ0) is 17.6. The molecular formula is C17H16F3NO3. The van der Waals surface area contributed by atoms with Crippen molar-refractivity contribution in [1.82, 2.24) is 0 Å². The summed E-state index contributed by atoms with van der Waals surface area (Å²) in [6.45, 7) is -1.51. The third-order valence-electron chi connectivity index (χ3n) is 3.06. The van der Waals surface area contributed by atoms with Gasteiger partial charge in [-0.3, -0.25) is 4.79 Å². The number of rotatable bonds is 6. The molecule has 0 aliphatic rings. The number of aliphatic hydroxyl groups is 1. The Morgan fingerprint density at radius 1 is 1.08 bits per heavy atom. The molecule has 0 saturated carbocycles. The summed E-state index contributed by atoms with van der Waals surface area (Å²) >= 11 is 0. The molecule has 2 rings (SSSR count). The average Bonchev–Trinajstić information content (AvgIpc) is 2.53. The Morgan fingerprint density at radius 2 is 1.79 bits per heavy atom. The number of carbonyl (C=O) groups is 1. The summed E-state index contributed by atoms with van der Waals surface area (Å²) in [5.41, 5.74) is 1.73. The third kappa shape index (κ3) is 5.92. The Bertz CT molecular complexity index is 701. The van der Waals surface area contributed by atoms with Crippen molar-refractivity contribution in [3.63, 3.8) is 0 Å². The van der Waals surface area contributed by atoms with Gasteiger partial charge in [0.2, 0.25) is 5.91 Å². The molecule has 0 unspecified atom stereocenters. The Labute approximate surface area is 136 Å². The minimum atomic E-state index is -4.41. The van der Waals surface area contributed by atoms with Crippen LogP contribution in [0, 0.1) is 0 Å². The van der Waals surface area contributed by atoms with Crippen LogP contribution < -0.4 is 10.1 Å². The van der Waals surface area contributed by atoms with Crippen molar-refractivity contribution in [3.8, 4) is 5.75 Å². The lowest BCUT2D eigenvalue weighted by Crippen LogP contribution is -2.19. The molecule has 1 amide bonds. The molecule has 4 nitrogen and oxygen atoms in total. The van der Waals surface area contributed by atoms with Gasteiger partial charge in [0.1, 0.15) is 5.75 Å². The standard InChI is InChI=1S/C17H16F3NO3/c18-17(19,20)11-24-15-6-2-3-12(8-15)9-16(23)21-14-5-1-4-13(7-14)10-22/h1-8,22H,9-11H2,(H,21,23). The Balaban J connectivity index is 1.96. The van der Waals surface area contributed by atoms with Gasteiger partial charge in [-0.05, 0) is 35.4 Å². The second-order valence-corrected chi connectivity index (χ2v) is 5.13. The van der Waals surface area contributed by atoms with Crippen molar-refractivity contribution in [3.05, 3.63) is 59.7 Å². The van der Waals surface area contributed by atoms with Crippen LogP contribution in [0.5, 0.6) is 5.75 Å². The maximum atomic E-state index is 12.1. The summed E-state index contributed by atoms with van der Waals surface area (Å²) in [5, 5.41) is 11.7. The fourth-order valence-corrected chi connectivity index (χ4v) is 2.05. The smallest absolute Gasteiger partial charge is 0.422 e. The summed E-state index contributed by atoms with van der Waals surface area (Å²) in [6.07, 6.45) is -4.42. The number of alkyl halides is 3. The SMILES string of the molecule is O=C(Cc1cccc(OCC(F)(F)F)c1)Nc1cccc(CO)c1. The van der Waals surface area contributed by atoms with Crippen LogP contribution >= 0.6 is 0 Å². The molecule has 0 atom stereocenters. The van der Waals surface area contributed by atoms with E-state index in [1.807, 2.05) is 0 Å². The summed E-state index contributed by atoms with van der Waals surface area (Å²) in [4.78, 5) is 12.0. The van der Waals surface area contributed by atoms with E-state index >= 15 is 0 Å². The maximum absolute atomic E-state index is 12.1. The van der Waals surface area contributed by atoms with E-state index in [9.17, 15) is 18.0 Å². The summed E-state index contributed by atoms with van der Waals surface area (Å²) in [6, 6.07) is 12.7. The molecule has 2 aromatic carbocycles. The third-order valence-corrected chi connectivity index (χ3v) is 3.06. The molecule has 0 radical (unpaired) electrons. The number of nitrogens with one attached hydrogen (secondary N) is 1. The second-order valence-electron chi connectivity index (χ2n) is 5.13. The quantitative estimate of drug-likeness (QED) is 0.849. The number of benzene rings is 2. The molecule has 24 heavy (non-hydrogen) atoms. The molecule has 0 aromatic heterocycles. The lowest BCUT2D eigenvalue weighted by molar-refractivity contribution is -0.153. The highest BCUT2D eigenvalue weighted by Gasteiger charge is 2.28. The minimum Gasteiger partial charge on any atom is -0.484 e. The van der Waals surface area contributed by atoms with Gasteiger partial charge in [-0.1, -0.05) is 24.3 Å². The Morgan fingerprint density at radius 3 is 2.50 bits per heavy atom. The normalized spacial score (nSPS) is 11.2. The van der Waals surface area contributed by atoms with Crippen molar-refractivity contribution in [1.29, 1.82) is 0 Å². The van der Waals surface area contributed by atoms with E-state index in [1.54, 1.807) is 30.3 Å². The van der Waals surface area contributed by atoms with Crippen LogP contribution in [-0.4, -0.2) is 23.8 Å². The number of carbonyl (C=O) groups excluding carboxylic acids is 1. The zero-order valence-corrected chi connectivity index (χ0v) is 12.6. The Kier molecular flexibility index (Phi) is 5.81. The molecule has 2 aromatic rings. The van der Waals surface area contributed by atoms with E-state index < -0.39 is 12.8 Å². The molecule has 0 saturated heterocycles. The van der Waals surface area contributed by atoms with Crippen LogP contribution in [0.25, 0.3) is 0 Å². The lowest BCUT2D eigenvalue weighted by atomic mass is 10.1. The lowest BCUT2D eigenvalue weighted by Gasteiger charge is -2.10. The number of aliphatic hydroxyl groups excluding tert-OH is 1. The van der Waals surface area contributed by atoms with E-state index in [-0.39, 0.29) is 24.7 Å². The van der Waals surface area contributed by atoms with Crippen LogP contribution in [-0.2, 0) is 17.8 Å². The van der Waals surface area contributed by atoms with E-state index in [4.69, 9.17) is 5.11 Å². The molecule has 0 spiro atoms. The molecule has 2 N–H and O–H groups in total. The van der Waals surface area contributed by atoms with Gasteiger partial charge >= 0.3 is 6.18 Å². The van der Waals surface area contributed by atoms with Gasteiger partial charge in [0.25, 0.3) is 0 Å². The first-order valence-electron chi connectivity index (χ1n) is 7.14. The van der Waals surface area contributed by atoms with Crippen molar-refractivity contribution in [2.45, 2.75) is 19.2 Å². The largest absolute Gasteiger partial charge is 0.484 e. The zero-order valence-electron chi connectivity index (χ0n) is 12.6. The highest BCUT2D eigenvalue weighted by molar-refractivity contribution is 5.92. The number of ether oxygens (including phenoxy) is 1. The number of hydrogen-bond acceptors (Lipinski definition) is 3. The van der Waals surface area contributed by atoms with E-state index in [2.05, 4.69) is 10.1 Å². The summed E-state index contributed by atoms with van der Waals surface area (Å²) in [7, 11) is 0. The van der Waals surface area contributed by atoms with Crippen LogP contribution in [0.3, 0.4) is 0 Å². The predicted octanol–water partition coefficient (Wildman–Crippen LogP) is 3.30. The second kappa shape index (κ2) is 7.83. The van der Waals surface area contributed by atoms with Crippen molar-refractivity contribution >= 4 is 11.6 Å². The first kappa shape index (κ1) is 17.8. The highest BCUT2D eigenvalue weighted by atomic mass is 19.4. The van der Waals surface area contributed by atoms with Crippen molar-refractivity contribution in [2.75, 3.05) is 11.9 Å². The van der Waals surface area contributed by atoms with Gasteiger partial charge in [-0.15, -0.1) is 0 Å². The van der Waals surface area contributed by atoms with Gasteiger partial charge in [0.05, 0.1) is 13.0 Å². The molecule has 0 heterocycles. The minimum absolute atomic E-state index is 0.00737. The monoisotopic (exact) mass is 339 g/mol. The van der Waals surface area contributed by atoms with Gasteiger partial charge in [-0.2, -0.15) is 13.2 Å². The van der Waals surface area contributed by atoms with Crippen LogP contribution in [0.2, 0.25) is 0 Å². The first-order chi connectivity index (χ1) is 11.4. The number of anilines is 1. The molecule has 0 aliphatic carbocycles. The molecule has 0 bridgehead atoms. The van der Waals surface area contributed by atoms with E-state index in [1.165, 1.54) is 18.2 Å². The van der Waals surface area contributed by atoms with Gasteiger partial charge in [0.15, 0.2) is 6.61 Å². The molecule has 0 fully saturated rings. The fourth-order valence-electron chi connectivity index (χ4n) is 2.05. The number of amides is 1. The predicted molar refractivity (Wildman–Crippen MR) is 82.7 cm³/mol. The average molecular weight is 339 g/mol. The molecule has 7 heteroatoms. The molecule has 128 valence electrons. The van der Waals surface area contributed by atoms with Crippen LogP contribution in [0.1, 0.15) is 11.1 Å². The fraction of sp³-hybridized carbons (Fsp3) is 0.235. The van der Waals surface area contributed by atoms with E-state index in [0.717, 1.165) is 0 Å². The van der Waals surface area contributed by atoms with E-state index in [0.29, 0.717) is 16.8 Å². The van der Waals surface area contributed by atoms with Crippen LogP contribution in [0.4, 0.5) is 18.9 Å². The van der Waals surface area contributed by atoms with Crippen molar-refractivity contribution in [2.24, 2.45) is 0 Å². The summed E-state index contributed by atoms with van der Waals surface area (Å²) in [5.74, 6) is -0.266. The maximum Gasteiger partial charge on any atom is 0.422 e. The van der Waals surface area contributed by atoms with Gasteiger partial charge in [-0.25, -0.2) is 0 Å². The van der Waals surface area contributed by atoms with Gasteiger partial charge < -0.3 is 15.2 Å². The number of halogens is 3. The van der Waals surface area contributed by atoms with Gasteiger partial charge in [0, 0.05) is 5.69 Å². The summed E-state index contributed by atoms with van der Waals surface area (Å²) < 4.78 is 41.1. The topological polar surface area (TPSA) is 58.6 Å². The van der Waals surface area contributed by atoms with Crippen LogP contribution in [0.15, 0.2) is 48.5 Å². The molecule has 0 aliphatic heterocycles. The number of hydrogen-bond donors (Lipinski definition) is 2. The highest BCUT2D eigenvalue weighted by Crippen LogP contribution is 2.20. The molecular weight excluding hydrogens is 323 g/mol. The Hall–Kier alpha value is -2.54.